The summed E-state index contributed by atoms with van der Waals surface area (Å²) >= 11 is 6.24. The molecule has 1 saturated carbocycles. The summed E-state index contributed by atoms with van der Waals surface area (Å²) in [5, 5.41) is 3.30. The zero-order chi connectivity index (χ0) is 14.8. The van der Waals surface area contributed by atoms with Gasteiger partial charge in [0.25, 0.3) is 0 Å². The van der Waals surface area contributed by atoms with Gasteiger partial charge in [0.05, 0.1) is 7.11 Å². The Kier molecular flexibility index (Phi) is 3.75. The second kappa shape index (κ2) is 5.69. The van der Waals surface area contributed by atoms with Crippen molar-refractivity contribution in [3.8, 4) is 0 Å². The maximum atomic E-state index is 11.8. The fourth-order valence-electron chi connectivity index (χ4n) is 1.96. The van der Waals surface area contributed by atoms with Crippen LogP contribution in [0.1, 0.15) is 35.1 Å². The Balaban J connectivity index is 2.01. The molecule has 0 spiro atoms. The summed E-state index contributed by atoms with van der Waals surface area (Å²) in [6, 6.07) is 9.52. The van der Waals surface area contributed by atoms with E-state index in [0.717, 1.165) is 18.5 Å². The molecule has 0 unspecified atom stereocenters. The number of hydrogen-bond acceptors (Lipinski definition) is 5. The number of para-hydroxylation sites is 1. The minimum absolute atomic E-state index is 0.106. The monoisotopic (exact) mass is 303 g/mol. The van der Waals surface area contributed by atoms with Crippen molar-refractivity contribution in [2.45, 2.75) is 18.8 Å². The second-order valence-electron chi connectivity index (χ2n) is 4.85. The van der Waals surface area contributed by atoms with Crippen molar-refractivity contribution in [1.82, 2.24) is 9.97 Å². The molecule has 0 atom stereocenters. The molecule has 0 bridgehead atoms. The maximum absolute atomic E-state index is 11.8. The minimum Gasteiger partial charge on any atom is -0.464 e. The summed E-state index contributed by atoms with van der Waals surface area (Å²) in [6.45, 7) is 0. The molecule has 2 aromatic rings. The number of methoxy groups -OCH3 is 1. The van der Waals surface area contributed by atoms with E-state index in [1.165, 1.54) is 7.11 Å². The molecule has 0 amide bonds. The van der Waals surface area contributed by atoms with E-state index in [4.69, 9.17) is 16.3 Å². The van der Waals surface area contributed by atoms with Gasteiger partial charge in [0.2, 0.25) is 0 Å². The Morgan fingerprint density at radius 3 is 2.62 bits per heavy atom. The Morgan fingerprint density at radius 1 is 1.29 bits per heavy atom. The number of aromatic nitrogens is 2. The third kappa shape index (κ3) is 2.97. The molecule has 0 radical (unpaired) electrons. The van der Waals surface area contributed by atoms with Crippen LogP contribution in [0.3, 0.4) is 0 Å². The number of benzene rings is 1. The molecule has 1 fully saturated rings. The van der Waals surface area contributed by atoms with Gasteiger partial charge in [-0.15, -0.1) is 0 Å². The third-order valence-corrected chi connectivity index (χ3v) is 3.58. The van der Waals surface area contributed by atoms with Crippen LogP contribution in [-0.2, 0) is 4.74 Å². The van der Waals surface area contributed by atoms with Crippen molar-refractivity contribution < 1.29 is 9.53 Å². The van der Waals surface area contributed by atoms with Crippen LogP contribution < -0.4 is 5.32 Å². The molecular formula is C15H14ClN3O2. The van der Waals surface area contributed by atoms with Crippen LogP contribution >= 0.6 is 11.6 Å². The molecule has 5 nitrogen and oxygen atoms in total. The van der Waals surface area contributed by atoms with E-state index in [1.807, 2.05) is 30.3 Å². The number of carbonyl (C=O) groups is 1. The van der Waals surface area contributed by atoms with E-state index < -0.39 is 5.97 Å². The fourth-order valence-corrected chi connectivity index (χ4v) is 2.17. The summed E-state index contributed by atoms with van der Waals surface area (Å²) in [5.41, 5.74) is 0.949. The van der Waals surface area contributed by atoms with Gasteiger partial charge >= 0.3 is 5.97 Å². The first-order valence-electron chi connectivity index (χ1n) is 6.67. The van der Waals surface area contributed by atoms with Crippen molar-refractivity contribution in [3.63, 3.8) is 0 Å². The van der Waals surface area contributed by atoms with E-state index in [-0.39, 0.29) is 10.7 Å². The molecule has 108 valence electrons. The average molecular weight is 304 g/mol. The minimum atomic E-state index is -0.555. The first-order chi connectivity index (χ1) is 10.2. The topological polar surface area (TPSA) is 64.1 Å². The van der Waals surface area contributed by atoms with Gasteiger partial charge < -0.3 is 10.1 Å². The standard InChI is InChI=1S/C15H14ClN3O2/c1-21-15(20)12-11(16)14(17-10-5-3-2-4-6-10)19-13(18-12)9-7-8-9/h2-6,9H,7-8H2,1H3,(H,17,18,19). The molecule has 1 aromatic carbocycles. The number of ether oxygens (including phenoxy) is 1. The molecule has 0 saturated heterocycles. The largest absolute Gasteiger partial charge is 0.464 e. The van der Waals surface area contributed by atoms with E-state index in [9.17, 15) is 4.79 Å². The van der Waals surface area contributed by atoms with Gasteiger partial charge in [-0.2, -0.15) is 0 Å². The third-order valence-electron chi connectivity index (χ3n) is 3.23. The number of anilines is 2. The van der Waals surface area contributed by atoms with E-state index in [2.05, 4.69) is 15.3 Å². The van der Waals surface area contributed by atoms with Gasteiger partial charge in [-0.3, -0.25) is 0 Å². The summed E-state index contributed by atoms with van der Waals surface area (Å²) in [5.74, 6) is 0.820. The van der Waals surface area contributed by atoms with Crippen LogP contribution in [0, 0.1) is 0 Å². The Hall–Kier alpha value is -2.14. The lowest BCUT2D eigenvalue weighted by Gasteiger charge is -2.11. The number of hydrogen-bond donors (Lipinski definition) is 1. The zero-order valence-electron chi connectivity index (χ0n) is 11.5. The van der Waals surface area contributed by atoms with Crippen molar-refractivity contribution in [2.24, 2.45) is 0 Å². The first kappa shape index (κ1) is 13.8. The molecule has 0 aliphatic heterocycles. The van der Waals surface area contributed by atoms with Crippen LogP contribution in [-0.4, -0.2) is 23.0 Å². The predicted molar refractivity (Wildman–Crippen MR) is 80.1 cm³/mol. The van der Waals surface area contributed by atoms with E-state index >= 15 is 0 Å². The van der Waals surface area contributed by atoms with Gasteiger partial charge in [-0.25, -0.2) is 14.8 Å². The Bertz CT molecular complexity index is 672. The lowest BCUT2D eigenvalue weighted by Crippen LogP contribution is -2.11. The van der Waals surface area contributed by atoms with Gasteiger partial charge in [-0.1, -0.05) is 29.8 Å². The average Bonchev–Trinajstić information content (AvgIpc) is 3.34. The van der Waals surface area contributed by atoms with Gasteiger partial charge in [0, 0.05) is 11.6 Å². The zero-order valence-corrected chi connectivity index (χ0v) is 12.2. The molecule has 1 N–H and O–H groups in total. The van der Waals surface area contributed by atoms with Gasteiger partial charge in [-0.05, 0) is 25.0 Å². The van der Waals surface area contributed by atoms with E-state index in [0.29, 0.717) is 17.6 Å². The summed E-state index contributed by atoms with van der Waals surface area (Å²) in [4.78, 5) is 20.5. The van der Waals surface area contributed by atoms with Gasteiger partial charge in [0.1, 0.15) is 10.8 Å². The molecule has 3 rings (SSSR count). The van der Waals surface area contributed by atoms with Crippen LogP contribution in [0.15, 0.2) is 30.3 Å². The smallest absolute Gasteiger partial charge is 0.358 e. The number of rotatable bonds is 4. The normalized spacial score (nSPS) is 13.8. The molecule has 1 aliphatic carbocycles. The molecule has 1 aromatic heterocycles. The number of esters is 1. The van der Waals surface area contributed by atoms with Crippen molar-refractivity contribution in [2.75, 3.05) is 12.4 Å². The number of carbonyl (C=O) groups excluding carboxylic acids is 1. The van der Waals surface area contributed by atoms with Crippen molar-refractivity contribution >= 4 is 29.1 Å². The van der Waals surface area contributed by atoms with Crippen LogP contribution in [0.2, 0.25) is 5.02 Å². The lowest BCUT2D eigenvalue weighted by molar-refractivity contribution is 0.0593. The predicted octanol–water partition coefficient (Wildman–Crippen LogP) is 3.54. The summed E-state index contributed by atoms with van der Waals surface area (Å²) < 4.78 is 4.74. The molecule has 1 aliphatic rings. The maximum Gasteiger partial charge on any atom is 0.358 e. The van der Waals surface area contributed by atoms with Crippen LogP contribution in [0.4, 0.5) is 11.5 Å². The van der Waals surface area contributed by atoms with Crippen LogP contribution in [0.5, 0.6) is 0 Å². The fraction of sp³-hybridized carbons (Fsp3) is 0.267. The highest BCUT2D eigenvalue weighted by atomic mass is 35.5. The quantitative estimate of drug-likeness (QED) is 0.875. The molecule has 21 heavy (non-hydrogen) atoms. The number of nitrogens with one attached hydrogen (secondary N) is 1. The Morgan fingerprint density at radius 2 is 2.00 bits per heavy atom. The van der Waals surface area contributed by atoms with Gasteiger partial charge in [0.15, 0.2) is 11.5 Å². The summed E-state index contributed by atoms with van der Waals surface area (Å²) in [6.07, 6.45) is 2.07. The highest BCUT2D eigenvalue weighted by Crippen LogP contribution is 2.40. The summed E-state index contributed by atoms with van der Waals surface area (Å²) in [7, 11) is 1.31. The SMILES string of the molecule is COC(=O)c1nc(C2CC2)nc(Nc2ccccc2)c1Cl. The van der Waals surface area contributed by atoms with Crippen molar-refractivity contribution in [3.05, 3.63) is 46.9 Å². The van der Waals surface area contributed by atoms with Crippen molar-refractivity contribution in [1.29, 1.82) is 0 Å². The first-order valence-corrected chi connectivity index (χ1v) is 7.04. The lowest BCUT2D eigenvalue weighted by atomic mass is 10.3. The highest BCUT2D eigenvalue weighted by molar-refractivity contribution is 6.35. The molecular weight excluding hydrogens is 290 g/mol. The van der Waals surface area contributed by atoms with E-state index in [1.54, 1.807) is 0 Å². The molecule has 1 heterocycles. The van der Waals surface area contributed by atoms with Crippen LogP contribution in [0.25, 0.3) is 0 Å². The molecule has 6 heteroatoms. The number of nitrogens with zero attached hydrogens (tertiary/aromatic N) is 2. The number of halogens is 1. The highest BCUT2D eigenvalue weighted by Gasteiger charge is 2.30. The Labute approximate surface area is 127 Å². The second-order valence-corrected chi connectivity index (χ2v) is 5.23.